The highest BCUT2D eigenvalue weighted by Crippen LogP contribution is 2.24. The topological polar surface area (TPSA) is 50.4 Å². The molecule has 1 heterocycles. The third kappa shape index (κ3) is 4.06. The highest BCUT2D eigenvalue weighted by Gasteiger charge is 2.13. The van der Waals surface area contributed by atoms with Gasteiger partial charge >= 0.3 is 0 Å². The Morgan fingerprint density at radius 3 is 2.62 bits per heavy atom. The predicted molar refractivity (Wildman–Crippen MR) is 88.4 cm³/mol. The molecule has 21 heavy (non-hydrogen) atoms. The van der Waals surface area contributed by atoms with Crippen LogP contribution in [0, 0.1) is 6.92 Å². The number of nitrogens with one attached hydrogen (secondary N) is 2. The molecule has 112 valence electrons. The van der Waals surface area contributed by atoms with E-state index < -0.39 is 0 Å². The van der Waals surface area contributed by atoms with Gasteiger partial charge in [0.1, 0.15) is 0 Å². The van der Waals surface area contributed by atoms with Crippen LogP contribution in [-0.4, -0.2) is 25.7 Å². The van der Waals surface area contributed by atoms with Crippen LogP contribution in [0.4, 0.5) is 11.4 Å². The van der Waals surface area contributed by atoms with Crippen LogP contribution in [0.15, 0.2) is 35.7 Å². The Balaban J connectivity index is 2.13. The molecule has 0 saturated carbocycles. The minimum Gasteiger partial charge on any atom is -0.383 e. The van der Waals surface area contributed by atoms with Gasteiger partial charge in [0, 0.05) is 13.2 Å². The van der Waals surface area contributed by atoms with Gasteiger partial charge in [-0.2, -0.15) is 0 Å². The molecule has 2 N–H and O–H groups in total. The number of anilines is 2. The first-order valence-corrected chi connectivity index (χ1v) is 7.69. The summed E-state index contributed by atoms with van der Waals surface area (Å²) in [5.41, 5.74) is 2.67. The molecule has 0 bridgehead atoms. The minimum absolute atomic E-state index is 0.0730. The van der Waals surface area contributed by atoms with Crippen molar-refractivity contribution in [2.75, 3.05) is 24.4 Å². The number of hydrogen-bond acceptors (Lipinski definition) is 4. The number of para-hydroxylation sites is 2. The third-order valence-corrected chi connectivity index (χ3v) is 4.08. The molecule has 2 aromatic rings. The van der Waals surface area contributed by atoms with Crippen LogP contribution >= 0.6 is 11.3 Å². The molecule has 0 saturated heterocycles. The van der Waals surface area contributed by atoms with E-state index in [-0.39, 0.29) is 11.9 Å². The lowest BCUT2D eigenvalue weighted by Gasteiger charge is -2.17. The Morgan fingerprint density at radius 2 is 2.00 bits per heavy atom. The van der Waals surface area contributed by atoms with E-state index in [0.717, 1.165) is 21.8 Å². The fourth-order valence-electron chi connectivity index (χ4n) is 2.06. The van der Waals surface area contributed by atoms with Crippen molar-refractivity contribution in [1.29, 1.82) is 0 Å². The molecule has 5 heteroatoms. The summed E-state index contributed by atoms with van der Waals surface area (Å²) in [5, 5.41) is 8.24. The molecule has 0 spiro atoms. The number of thiophene rings is 1. The molecule has 0 aliphatic heterocycles. The van der Waals surface area contributed by atoms with E-state index in [1.54, 1.807) is 7.11 Å². The summed E-state index contributed by atoms with van der Waals surface area (Å²) in [7, 11) is 1.67. The number of methoxy groups -OCH3 is 1. The quantitative estimate of drug-likeness (QED) is 0.854. The summed E-state index contributed by atoms with van der Waals surface area (Å²) in [6, 6.07) is 9.80. The highest BCUT2D eigenvalue weighted by atomic mass is 32.1. The molecule has 1 unspecified atom stereocenters. The molecule has 0 radical (unpaired) electrons. The summed E-state index contributed by atoms with van der Waals surface area (Å²) in [5.74, 6) is -0.0730. The van der Waals surface area contributed by atoms with Crippen molar-refractivity contribution in [3.8, 4) is 0 Å². The summed E-state index contributed by atoms with van der Waals surface area (Å²) >= 11 is 1.45. The van der Waals surface area contributed by atoms with Crippen molar-refractivity contribution >= 4 is 28.6 Å². The van der Waals surface area contributed by atoms with E-state index in [0.29, 0.717) is 6.61 Å². The zero-order valence-electron chi connectivity index (χ0n) is 12.5. The fraction of sp³-hybridized carbons (Fsp3) is 0.312. The second-order valence-electron chi connectivity index (χ2n) is 4.93. The fourth-order valence-corrected chi connectivity index (χ4v) is 2.88. The van der Waals surface area contributed by atoms with Gasteiger partial charge in [0.15, 0.2) is 0 Å². The Morgan fingerprint density at radius 1 is 1.29 bits per heavy atom. The number of rotatable bonds is 6. The molecule has 0 fully saturated rings. The summed E-state index contributed by atoms with van der Waals surface area (Å²) in [6.07, 6.45) is 0. The van der Waals surface area contributed by atoms with Crippen molar-refractivity contribution in [3.05, 3.63) is 46.2 Å². The van der Waals surface area contributed by atoms with E-state index >= 15 is 0 Å². The largest absolute Gasteiger partial charge is 0.383 e. The average Bonchev–Trinajstić information content (AvgIpc) is 2.87. The van der Waals surface area contributed by atoms with Crippen molar-refractivity contribution in [2.45, 2.75) is 19.9 Å². The second-order valence-corrected chi connectivity index (χ2v) is 5.85. The van der Waals surface area contributed by atoms with Gasteiger partial charge in [-0.3, -0.25) is 4.79 Å². The predicted octanol–water partition coefficient (Wildman–Crippen LogP) is 3.76. The standard InChI is InChI=1S/C16H20N2O2S/c1-11-8-9-21-15(11)16(19)18-14-7-5-4-6-13(14)17-12(2)10-20-3/h4-9,12,17H,10H2,1-3H3,(H,18,19). The minimum atomic E-state index is -0.0730. The van der Waals surface area contributed by atoms with Gasteiger partial charge in [0.2, 0.25) is 0 Å². The lowest BCUT2D eigenvalue weighted by Crippen LogP contribution is -2.22. The van der Waals surface area contributed by atoms with Crippen LogP contribution < -0.4 is 10.6 Å². The number of amides is 1. The van der Waals surface area contributed by atoms with Crippen molar-refractivity contribution < 1.29 is 9.53 Å². The first kappa shape index (κ1) is 15.5. The first-order chi connectivity index (χ1) is 10.1. The number of carbonyl (C=O) groups excluding carboxylic acids is 1. The van der Waals surface area contributed by atoms with E-state index in [1.165, 1.54) is 11.3 Å². The van der Waals surface area contributed by atoms with Crippen molar-refractivity contribution in [2.24, 2.45) is 0 Å². The lowest BCUT2D eigenvalue weighted by molar-refractivity contribution is 0.103. The molecular formula is C16H20N2O2S. The highest BCUT2D eigenvalue weighted by molar-refractivity contribution is 7.12. The molecule has 1 atom stereocenters. The van der Waals surface area contributed by atoms with Gasteiger partial charge in [0.25, 0.3) is 5.91 Å². The lowest BCUT2D eigenvalue weighted by atomic mass is 10.2. The molecule has 0 aliphatic rings. The Labute approximate surface area is 129 Å². The summed E-state index contributed by atoms with van der Waals surface area (Å²) in [4.78, 5) is 13.1. The zero-order valence-corrected chi connectivity index (χ0v) is 13.3. The van der Waals surface area contributed by atoms with Crippen LogP contribution in [0.3, 0.4) is 0 Å². The second kappa shape index (κ2) is 7.24. The van der Waals surface area contributed by atoms with Gasteiger partial charge in [-0.15, -0.1) is 11.3 Å². The number of hydrogen-bond donors (Lipinski definition) is 2. The van der Waals surface area contributed by atoms with Crippen molar-refractivity contribution in [1.82, 2.24) is 0 Å². The number of ether oxygens (including phenoxy) is 1. The molecule has 1 aromatic heterocycles. The Kier molecular flexibility index (Phi) is 5.36. The normalized spacial score (nSPS) is 12.0. The number of benzene rings is 1. The molecule has 0 aliphatic carbocycles. The molecule has 1 amide bonds. The maximum absolute atomic E-state index is 12.3. The molecule has 4 nitrogen and oxygen atoms in total. The smallest absolute Gasteiger partial charge is 0.266 e. The SMILES string of the molecule is COCC(C)Nc1ccccc1NC(=O)c1sccc1C. The molecular weight excluding hydrogens is 284 g/mol. The number of aryl methyl sites for hydroxylation is 1. The van der Waals surface area contributed by atoms with Crippen LogP contribution in [0.25, 0.3) is 0 Å². The van der Waals surface area contributed by atoms with Gasteiger partial charge in [0.05, 0.1) is 22.9 Å². The maximum Gasteiger partial charge on any atom is 0.266 e. The van der Waals surface area contributed by atoms with Gasteiger partial charge in [-0.1, -0.05) is 12.1 Å². The monoisotopic (exact) mass is 304 g/mol. The Bertz CT molecular complexity index is 610. The zero-order chi connectivity index (χ0) is 15.2. The van der Waals surface area contributed by atoms with Crippen molar-refractivity contribution in [3.63, 3.8) is 0 Å². The van der Waals surface area contributed by atoms with E-state index in [9.17, 15) is 4.79 Å². The van der Waals surface area contributed by atoms with Gasteiger partial charge in [-0.25, -0.2) is 0 Å². The molecule has 1 aromatic carbocycles. The number of carbonyl (C=O) groups is 1. The molecule has 2 rings (SSSR count). The van der Waals surface area contributed by atoms with Crippen LogP contribution in [-0.2, 0) is 4.74 Å². The van der Waals surface area contributed by atoms with E-state index in [1.807, 2.05) is 49.6 Å². The third-order valence-electron chi connectivity index (χ3n) is 3.06. The van der Waals surface area contributed by atoms with Crippen LogP contribution in [0.1, 0.15) is 22.2 Å². The van der Waals surface area contributed by atoms with Gasteiger partial charge < -0.3 is 15.4 Å². The summed E-state index contributed by atoms with van der Waals surface area (Å²) in [6.45, 7) is 4.58. The van der Waals surface area contributed by atoms with E-state index in [2.05, 4.69) is 10.6 Å². The summed E-state index contributed by atoms with van der Waals surface area (Å²) < 4.78 is 5.12. The average molecular weight is 304 g/mol. The first-order valence-electron chi connectivity index (χ1n) is 6.81. The van der Waals surface area contributed by atoms with Crippen LogP contribution in [0.2, 0.25) is 0 Å². The van der Waals surface area contributed by atoms with Gasteiger partial charge in [-0.05, 0) is 43.0 Å². The Hall–Kier alpha value is -1.85. The van der Waals surface area contributed by atoms with Crippen LogP contribution in [0.5, 0.6) is 0 Å². The maximum atomic E-state index is 12.3. The van der Waals surface area contributed by atoms with E-state index in [4.69, 9.17) is 4.74 Å².